The van der Waals surface area contributed by atoms with Gasteiger partial charge < -0.3 is 4.90 Å². The van der Waals surface area contributed by atoms with Crippen molar-refractivity contribution in [1.82, 2.24) is 4.90 Å². The smallest absolute Gasteiger partial charge is 0.0849 e. The van der Waals surface area contributed by atoms with Crippen molar-refractivity contribution in [3.8, 4) is 6.07 Å². The summed E-state index contributed by atoms with van der Waals surface area (Å²) in [6, 6.07) is 24.0. The molecule has 0 saturated carbocycles. The lowest BCUT2D eigenvalue weighted by atomic mass is 9.70. The Morgan fingerprint density at radius 2 is 1.73 bits per heavy atom. The van der Waals surface area contributed by atoms with Gasteiger partial charge in [0.05, 0.1) is 11.5 Å². The molecule has 0 radical (unpaired) electrons. The molecule has 1 heterocycles. The second kappa shape index (κ2) is 6.34. The SMILES string of the molecule is CN1CC[C@](C#N)(c2ccccc2)C[C@@H]1Cc1ccccc1. The number of likely N-dealkylation sites (N-methyl/N-ethyl adjacent to an activating group) is 1. The van der Waals surface area contributed by atoms with Crippen LogP contribution in [-0.2, 0) is 11.8 Å². The minimum absolute atomic E-state index is 0.340. The Kier molecular flexibility index (Phi) is 4.27. The van der Waals surface area contributed by atoms with Crippen molar-refractivity contribution in [1.29, 1.82) is 5.26 Å². The minimum atomic E-state index is -0.340. The normalized spacial score (nSPS) is 25.5. The van der Waals surface area contributed by atoms with Gasteiger partial charge >= 0.3 is 0 Å². The Labute approximate surface area is 133 Å². The van der Waals surface area contributed by atoms with Crippen molar-refractivity contribution in [2.75, 3.05) is 13.6 Å². The summed E-state index contributed by atoms with van der Waals surface area (Å²) < 4.78 is 0. The molecule has 0 N–H and O–H groups in total. The predicted octanol–water partition coefficient (Wildman–Crippen LogP) is 3.78. The number of hydrogen-bond donors (Lipinski definition) is 0. The highest BCUT2D eigenvalue weighted by Gasteiger charge is 2.40. The van der Waals surface area contributed by atoms with Crippen molar-refractivity contribution < 1.29 is 0 Å². The van der Waals surface area contributed by atoms with Gasteiger partial charge in [0, 0.05) is 6.04 Å². The van der Waals surface area contributed by atoms with Crippen LogP contribution < -0.4 is 0 Å². The Morgan fingerprint density at radius 3 is 2.36 bits per heavy atom. The van der Waals surface area contributed by atoms with Crippen LogP contribution >= 0.6 is 0 Å². The van der Waals surface area contributed by atoms with Crippen molar-refractivity contribution in [2.24, 2.45) is 0 Å². The van der Waals surface area contributed by atoms with Gasteiger partial charge in [-0.25, -0.2) is 0 Å². The molecule has 2 aromatic rings. The van der Waals surface area contributed by atoms with Crippen LogP contribution in [0, 0.1) is 11.3 Å². The second-order valence-electron chi connectivity index (χ2n) is 6.34. The molecule has 0 spiro atoms. The third-order valence-electron chi connectivity index (χ3n) is 4.95. The van der Waals surface area contributed by atoms with Crippen LogP contribution in [0.15, 0.2) is 60.7 Å². The lowest BCUT2D eigenvalue weighted by Gasteiger charge is -2.42. The topological polar surface area (TPSA) is 27.0 Å². The maximum atomic E-state index is 9.90. The van der Waals surface area contributed by atoms with Crippen molar-refractivity contribution in [2.45, 2.75) is 30.7 Å². The fourth-order valence-corrected chi connectivity index (χ4v) is 3.51. The average molecular weight is 290 g/mol. The molecule has 22 heavy (non-hydrogen) atoms. The summed E-state index contributed by atoms with van der Waals surface area (Å²) in [7, 11) is 2.18. The molecule has 1 fully saturated rings. The monoisotopic (exact) mass is 290 g/mol. The highest BCUT2D eigenvalue weighted by Crippen LogP contribution is 2.38. The van der Waals surface area contributed by atoms with E-state index in [1.165, 1.54) is 11.1 Å². The quantitative estimate of drug-likeness (QED) is 0.860. The molecule has 3 rings (SSSR count). The molecule has 2 aromatic carbocycles. The van der Waals surface area contributed by atoms with Crippen molar-refractivity contribution in [3.63, 3.8) is 0 Å². The first kappa shape index (κ1) is 14.8. The van der Waals surface area contributed by atoms with E-state index in [4.69, 9.17) is 0 Å². The van der Waals surface area contributed by atoms with E-state index in [0.29, 0.717) is 6.04 Å². The zero-order valence-electron chi connectivity index (χ0n) is 13.1. The standard InChI is InChI=1S/C20H22N2/c1-22-13-12-20(16-21,18-10-6-3-7-11-18)15-19(22)14-17-8-4-2-5-9-17/h2-11,19H,12-15H2,1H3/t19-,20-/m0/s1. The lowest BCUT2D eigenvalue weighted by molar-refractivity contribution is 0.142. The van der Waals surface area contributed by atoms with E-state index in [1.807, 2.05) is 18.2 Å². The summed E-state index contributed by atoms with van der Waals surface area (Å²) in [6.07, 6.45) is 2.82. The average Bonchev–Trinajstić information content (AvgIpc) is 2.59. The molecule has 0 aliphatic carbocycles. The van der Waals surface area contributed by atoms with Gasteiger partial charge in [-0.2, -0.15) is 5.26 Å². The highest BCUT2D eigenvalue weighted by molar-refractivity contribution is 5.34. The zero-order valence-corrected chi connectivity index (χ0v) is 13.1. The number of hydrogen-bond acceptors (Lipinski definition) is 2. The van der Waals surface area contributed by atoms with Crippen LogP contribution in [0.4, 0.5) is 0 Å². The van der Waals surface area contributed by atoms with Crippen LogP contribution in [-0.4, -0.2) is 24.5 Å². The van der Waals surface area contributed by atoms with Crippen molar-refractivity contribution in [3.05, 3.63) is 71.8 Å². The van der Waals surface area contributed by atoms with E-state index in [2.05, 4.69) is 60.5 Å². The molecular weight excluding hydrogens is 268 g/mol. The van der Waals surface area contributed by atoms with E-state index < -0.39 is 0 Å². The first-order valence-corrected chi connectivity index (χ1v) is 7.94. The van der Waals surface area contributed by atoms with E-state index in [0.717, 1.165) is 25.8 Å². The molecule has 1 aliphatic rings. The molecule has 0 aromatic heterocycles. The first-order valence-electron chi connectivity index (χ1n) is 7.94. The maximum Gasteiger partial charge on any atom is 0.0849 e. The Balaban J connectivity index is 1.85. The Hall–Kier alpha value is -2.11. The minimum Gasteiger partial charge on any atom is -0.303 e. The van der Waals surface area contributed by atoms with Gasteiger partial charge in [-0.3, -0.25) is 0 Å². The highest BCUT2D eigenvalue weighted by atomic mass is 15.1. The molecule has 0 amide bonds. The molecule has 2 atom stereocenters. The molecular formula is C20H22N2. The second-order valence-corrected chi connectivity index (χ2v) is 6.34. The fraction of sp³-hybridized carbons (Fsp3) is 0.350. The van der Waals surface area contributed by atoms with E-state index >= 15 is 0 Å². The van der Waals surface area contributed by atoms with Gasteiger partial charge in [-0.15, -0.1) is 0 Å². The van der Waals surface area contributed by atoms with E-state index in [9.17, 15) is 5.26 Å². The third kappa shape index (κ3) is 2.91. The Morgan fingerprint density at radius 1 is 1.09 bits per heavy atom. The Bertz CT molecular complexity index is 644. The van der Waals surface area contributed by atoms with Crippen molar-refractivity contribution >= 4 is 0 Å². The maximum absolute atomic E-state index is 9.90. The van der Waals surface area contributed by atoms with Gasteiger partial charge in [-0.05, 0) is 44.0 Å². The van der Waals surface area contributed by atoms with Gasteiger partial charge in [-0.1, -0.05) is 60.7 Å². The summed E-state index contributed by atoms with van der Waals surface area (Å²) in [4.78, 5) is 2.41. The number of benzene rings is 2. The number of likely N-dealkylation sites (tertiary alicyclic amines) is 1. The summed E-state index contributed by atoms with van der Waals surface area (Å²) in [5, 5.41) is 9.90. The van der Waals surface area contributed by atoms with Crippen LogP contribution in [0.3, 0.4) is 0 Å². The van der Waals surface area contributed by atoms with Crippen LogP contribution in [0.2, 0.25) is 0 Å². The molecule has 0 unspecified atom stereocenters. The number of nitrogens with zero attached hydrogens (tertiary/aromatic N) is 2. The zero-order chi connectivity index (χ0) is 15.4. The van der Waals surface area contributed by atoms with Crippen LogP contribution in [0.5, 0.6) is 0 Å². The number of piperidine rings is 1. The van der Waals surface area contributed by atoms with Crippen LogP contribution in [0.1, 0.15) is 24.0 Å². The molecule has 0 bridgehead atoms. The molecule has 1 aliphatic heterocycles. The summed E-state index contributed by atoms with van der Waals surface area (Å²) >= 11 is 0. The lowest BCUT2D eigenvalue weighted by Crippen LogP contribution is -2.47. The molecule has 2 nitrogen and oxygen atoms in total. The molecule has 2 heteroatoms. The van der Waals surface area contributed by atoms with E-state index in [-0.39, 0.29) is 5.41 Å². The van der Waals surface area contributed by atoms with Gasteiger partial charge in [0.15, 0.2) is 0 Å². The van der Waals surface area contributed by atoms with Crippen LogP contribution in [0.25, 0.3) is 0 Å². The van der Waals surface area contributed by atoms with Gasteiger partial charge in [0.2, 0.25) is 0 Å². The molecule has 1 saturated heterocycles. The summed E-state index contributed by atoms with van der Waals surface area (Å²) in [6.45, 7) is 0.972. The predicted molar refractivity (Wildman–Crippen MR) is 89.5 cm³/mol. The fourth-order valence-electron chi connectivity index (χ4n) is 3.51. The number of nitriles is 1. The van der Waals surface area contributed by atoms with Gasteiger partial charge in [0.1, 0.15) is 0 Å². The third-order valence-corrected chi connectivity index (χ3v) is 4.95. The summed E-state index contributed by atoms with van der Waals surface area (Å²) in [5.41, 5.74) is 2.18. The van der Waals surface area contributed by atoms with Gasteiger partial charge in [0.25, 0.3) is 0 Å². The number of rotatable bonds is 3. The first-order chi connectivity index (χ1) is 10.7. The molecule has 112 valence electrons. The van der Waals surface area contributed by atoms with E-state index in [1.54, 1.807) is 0 Å². The largest absolute Gasteiger partial charge is 0.303 e. The summed E-state index contributed by atoms with van der Waals surface area (Å²) in [5.74, 6) is 0.